The quantitative estimate of drug-likeness (QED) is 0.802. The second kappa shape index (κ2) is 2.69. The predicted octanol–water partition coefficient (Wildman–Crippen LogP) is 1.10. The molecule has 1 aliphatic carbocycles. The predicted molar refractivity (Wildman–Crippen MR) is 54.5 cm³/mol. The van der Waals surface area contributed by atoms with Crippen LogP contribution < -0.4 is 11.3 Å². The maximum absolute atomic E-state index is 11.3. The van der Waals surface area contributed by atoms with Crippen molar-refractivity contribution in [2.24, 2.45) is 12.8 Å². The monoisotopic (exact) mass is 242 g/mol. The maximum Gasteiger partial charge on any atom is 0.264 e. The molecule has 0 saturated heterocycles. The molecule has 1 fully saturated rings. The highest BCUT2D eigenvalue weighted by Crippen LogP contribution is 2.42. The second-order valence-corrected chi connectivity index (χ2v) is 4.50. The lowest BCUT2D eigenvalue weighted by Gasteiger charge is -2.10. The summed E-state index contributed by atoms with van der Waals surface area (Å²) in [5.74, 6) is 0. The van der Waals surface area contributed by atoms with E-state index in [0.717, 1.165) is 18.4 Å². The third-order valence-corrected chi connectivity index (χ3v) is 3.07. The fourth-order valence-corrected chi connectivity index (χ4v) is 1.89. The van der Waals surface area contributed by atoms with Crippen molar-refractivity contribution in [1.82, 2.24) is 4.57 Å². The zero-order valence-corrected chi connectivity index (χ0v) is 8.97. The Balaban J connectivity index is 2.56. The minimum absolute atomic E-state index is 0.0204. The third kappa shape index (κ3) is 1.44. The van der Waals surface area contributed by atoms with Gasteiger partial charge in [-0.15, -0.1) is 0 Å². The summed E-state index contributed by atoms with van der Waals surface area (Å²) in [7, 11) is 1.74. The molecule has 1 aromatic rings. The van der Waals surface area contributed by atoms with Crippen LogP contribution in [-0.4, -0.2) is 4.57 Å². The third-order valence-electron chi connectivity index (χ3n) is 2.50. The molecule has 2 N–H and O–H groups in total. The van der Waals surface area contributed by atoms with Crippen LogP contribution in [0, 0.1) is 0 Å². The topological polar surface area (TPSA) is 48.0 Å². The zero-order valence-electron chi connectivity index (χ0n) is 7.38. The standard InChI is InChI=1S/C9H11BrN2O/c1-12-5-6(9(11)2-3-9)4-7(10)8(12)13/h4-5H,2-3,11H2,1H3. The van der Waals surface area contributed by atoms with Gasteiger partial charge in [-0.2, -0.15) is 0 Å². The van der Waals surface area contributed by atoms with Crippen molar-refractivity contribution in [3.8, 4) is 0 Å². The van der Waals surface area contributed by atoms with E-state index in [2.05, 4.69) is 15.9 Å². The summed E-state index contributed by atoms with van der Waals surface area (Å²) < 4.78 is 2.15. The molecule has 0 unspecified atom stereocenters. The Morgan fingerprint density at radius 2 is 2.23 bits per heavy atom. The molecule has 3 nitrogen and oxygen atoms in total. The highest BCUT2D eigenvalue weighted by molar-refractivity contribution is 9.10. The smallest absolute Gasteiger partial charge is 0.264 e. The minimum Gasteiger partial charge on any atom is -0.321 e. The first-order chi connectivity index (χ1) is 6.03. The van der Waals surface area contributed by atoms with Crippen LogP contribution in [0.1, 0.15) is 18.4 Å². The molecular weight excluding hydrogens is 232 g/mol. The summed E-state index contributed by atoms with van der Waals surface area (Å²) in [6.07, 6.45) is 3.84. The number of pyridine rings is 1. The van der Waals surface area contributed by atoms with Gasteiger partial charge in [0.05, 0.1) is 4.47 Å². The van der Waals surface area contributed by atoms with Crippen LogP contribution in [-0.2, 0) is 12.6 Å². The highest BCUT2D eigenvalue weighted by atomic mass is 79.9. The van der Waals surface area contributed by atoms with E-state index in [1.54, 1.807) is 11.6 Å². The number of rotatable bonds is 1. The Labute approximate surface area is 84.7 Å². The van der Waals surface area contributed by atoms with Crippen molar-refractivity contribution in [1.29, 1.82) is 0 Å². The molecule has 0 aromatic carbocycles. The van der Waals surface area contributed by atoms with Crippen molar-refractivity contribution in [2.75, 3.05) is 0 Å². The van der Waals surface area contributed by atoms with Crippen LogP contribution in [0.3, 0.4) is 0 Å². The number of aryl methyl sites for hydroxylation is 1. The van der Waals surface area contributed by atoms with E-state index in [9.17, 15) is 4.79 Å². The van der Waals surface area contributed by atoms with Gasteiger partial charge in [0, 0.05) is 18.8 Å². The van der Waals surface area contributed by atoms with Gasteiger partial charge in [0.1, 0.15) is 0 Å². The number of hydrogen-bond acceptors (Lipinski definition) is 2. The van der Waals surface area contributed by atoms with E-state index in [-0.39, 0.29) is 11.1 Å². The Kier molecular flexibility index (Phi) is 1.85. The number of nitrogens with zero attached hydrogens (tertiary/aromatic N) is 1. The molecule has 0 spiro atoms. The molecule has 0 bridgehead atoms. The molecule has 4 heteroatoms. The van der Waals surface area contributed by atoms with Crippen molar-refractivity contribution in [3.05, 3.63) is 32.7 Å². The van der Waals surface area contributed by atoms with Crippen LogP contribution in [0.2, 0.25) is 0 Å². The van der Waals surface area contributed by atoms with Crippen LogP contribution in [0.5, 0.6) is 0 Å². The maximum atomic E-state index is 11.3. The van der Waals surface area contributed by atoms with Gasteiger partial charge >= 0.3 is 0 Å². The SMILES string of the molecule is Cn1cc(C2(N)CC2)cc(Br)c1=O. The first-order valence-corrected chi connectivity index (χ1v) is 4.98. The largest absolute Gasteiger partial charge is 0.321 e. The summed E-state index contributed by atoms with van der Waals surface area (Å²) in [4.78, 5) is 11.3. The van der Waals surface area contributed by atoms with Crippen LogP contribution in [0.25, 0.3) is 0 Å². The van der Waals surface area contributed by atoms with E-state index >= 15 is 0 Å². The van der Waals surface area contributed by atoms with E-state index in [0.29, 0.717) is 4.47 Å². The summed E-state index contributed by atoms with van der Waals surface area (Å²) in [6, 6.07) is 1.83. The molecule has 1 aliphatic rings. The number of hydrogen-bond donors (Lipinski definition) is 1. The summed E-state index contributed by atoms with van der Waals surface area (Å²) in [6.45, 7) is 0. The van der Waals surface area contributed by atoms with Gasteiger partial charge in [-0.3, -0.25) is 4.79 Å². The van der Waals surface area contributed by atoms with Gasteiger partial charge in [0.15, 0.2) is 0 Å². The van der Waals surface area contributed by atoms with E-state index in [4.69, 9.17) is 5.73 Å². The molecule has 1 saturated carbocycles. The van der Waals surface area contributed by atoms with Crippen molar-refractivity contribution in [2.45, 2.75) is 18.4 Å². The number of aromatic nitrogens is 1. The molecular formula is C9H11BrN2O. The Hall–Kier alpha value is -0.610. The van der Waals surface area contributed by atoms with Crippen molar-refractivity contribution < 1.29 is 0 Å². The molecule has 0 amide bonds. The summed E-state index contributed by atoms with van der Waals surface area (Å²) in [5, 5.41) is 0. The molecule has 0 atom stereocenters. The van der Waals surface area contributed by atoms with E-state index in [1.165, 1.54) is 0 Å². The average Bonchev–Trinajstić information content (AvgIpc) is 2.80. The molecule has 13 heavy (non-hydrogen) atoms. The fourth-order valence-electron chi connectivity index (χ4n) is 1.37. The number of nitrogens with two attached hydrogens (primary N) is 1. The molecule has 70 valence electrons. The Bertz CT molecular complexity index is 380. The van der Waals surface area contributed by atoms with Gasteiger partial charge in [0.25, 0.3) is 5.56 Å². The first kappa shape index (κ1) is 8.97. The first-order valence-electron chi connectivity index (χ1n) is 4.18. The molecule has 0 radical (unpaired) electrons. The molecule has 2 rings (SSSR count). The minimum atomic E-state index is -0.173. The summed E-state index contributed by atoms with van der Waals surface area (Å²) >= 11 is 3.23. The highest BCUT2D eigenvalue weighted by Gasteiger charge is 2.40. The van der Waals surface area contributed by atoms with Crippen molar-refractivity contribution >= 4 is 15.9 Å². The normalized spacial score (nSPS) is 18.7. The zero-order chi connectivity index (χ0) is 9.64. The van der Waals surface area contributed by atoms with E-state index < -0.39 is 0 Å². The lowest BCUT2D eigenvalue weighted by Crippen LogP contribution is -2.24. The number of halogens is 1. The lowest BCUT2D eigenvalue weighted by atomic mass is 10.1. The fraction of sp³-hybridized carbons (Fsp3) is 0.444. The Morgan fingerprint density at radius 1 is 1.62 bits per heavy atom. The van der Waals surface area contributed by atoms with Gasteiger partial charge in [0.2, 0.25) is 0 Å². The Morgan fingerprint density at radius 3 is 2.69 bits per heavy atom. The average molecular weight is 243 g/mol. The van der Waals surface area contributed by atoms with Crippen LogP contribution in [0.15, 0.2) is 21.5 Å². The van der Waals surface area contributed by atoms with Crippen LogP contribution >= 0.6 is 15.9 Å². The van der Waals surface area contributed by atoms with Gasteiger partial charge < -0.3 is 10.3 Å². The molecule has 0 aliphatic heterocycles. The van der Waals surface area contributed by atoms with Crippen LogP contribution in [0.4, 0.5) is 0 Å². The van der Waals surface area contributed by atoms with E-state index in [1.807, 2.05) is 12.3 Å². The van der Waals surface area contributed by atoms with Gasteiger partial charge in [-0.1, -0.05) is 0 Å². The summed E-state index contributed by atoms with van der Waals surface area (Å²) in [5.41, 5.74) is 6.87. The van der Waals surface area contributed by atoms with Gasteiger partial charge in [-0.25, -0.2) is 0 Å². The molecule has 1 aromatic heterocycles. The second-order valence-electron chi connectivity index (χ2n) is 3.65. The van der Waals surface area contributed by atoms with Gasteiger partial charge in [-0.05, 0) is 40.4 Å². The lowest BCUT2D eigenvalue weighted by molar-refractivity contribution is 0.710. The van der Waals surface area contributed by atoms with Crippen molar-refractivity contribution in [3.63, 3.8) is 0 Å². The molecule has 1 heterocycles.